The van der Waals surface area contributed by atoms with E-state index in [0.717, 1.165) is 44.9 Å². The Balaban J connectivity index is 3.35. The quantitative estimate of drug-likeness (QED) is 0.0320. The normalized spacial score (nSPS) is 12.6. The topological polar surface area (TPSA) is 95.9 Å². The van der Waals surface area contributed by atoms with Crippen LogP contribution in [-0.4, -0.2) is 47.4 Å². The predicted molar refractivity (Wildman–Crippen MR) is 375 cm³/mol. The van der Waals surface area contributed by atoms with Crippen LogP contribution in [0.25, 0.3) is 0 Å². The van der Waals surface area contributed by atoms with E-state index in [1.807, 2.05) is 0 Å². The van der Waals surface area contributed by atoms with Crippen LogP contribution in [-0.2, 0) is 14.3 Å². The molecule has 1 amide bonds. The maximum atomic E-state index is 12.5. The number of amides is 1. The molecule has 85 heavy (non-hydrogen) atoms. The van der Waals surface area contributed by atoms with E-state index in [1.54, 1.807) is 0 Å². The van der Waals surface area contributed by atoms with Crippen molar-refractivity contribution in [1.29, 1.82) is 0 Å². The fourth-order valence-corrected chi connectivity index (χ4v) is 12.6. The van der Waals surface area contributed by atoms with Crippen LogP contribution in [0.4, 0.5) is 0 Å². The van der Waals surface area contributed by atoms with Crippen molar-refractivity contribution in [2.75, 3.05) is 13.2 Å². The molecule has 0 aromatic rings. The zero-order valence-corrected chi connectivity index (χ0v) is 57.9. The highest BCUT2D eigenvalue weighted by Crippen LogP contribution is 2.20. The van der Waals surface area contributed by atoms with Crippen molar-refractivity contribution in [3.63, 3.8) is 0 Å². The summed E-state index contributed by atoms with van der Waals surface area (Å²) < 4.78 is 5.48. The molecular weight excluding hydrogens is 1040 g/mol. The molecule has 0 saturated carbocycles. The van der Waals surface area contributed by atoms with Gasteiger partial charge in [-0.15, -0.1) is 0 Å². The van der Waals surface area contributed by atoms with Crippen LogP contribution in [0.2, 0.25) is 0 Å². The molecule has 0 aromatic heterocycles. The highest BCUT2D eigenvalue weighted by atomic mass is 16.5. The first-order chi connectivity index (χ1) is 42.0. The third-order valence-electron chi connectivity index (χ3n) is 18.5. The zero-order chi connectivity index (χ0) is 61.3. The summed E-state index contributed by atoms with van der Waals surface area (Å²) in [6, 6.07) is -0.539. The summed E-state index contributed by atoms with van der Waals surface area (Å²) in [4.78, 5) is 24.6. The molecule has 6 nitrogen and oxygen atoms in total. The molecule has 3 N–H and O–H groups in total. The Morgan fingerprint density at radius 1 is 0.329 bits per heavy atom. The molecule has 0 aromatic carbocycles. The number of aliphatic hydroxyl groups is 2. The van der Waals surface area contributed by atoms with Crippen LogP contribution in [0.3, 0.4) is 0 Å². The number of allylic oxidation sites excluding steroid dienone is 4. The molecule has 504 valence electrons. The number of rotatable bonds is 74. The third kappa shape index (κ3) is 71.3. The molecule has 0 heterocycles. The van der Waals surface area contributed by atoms with Crippen LogP contribution >= 0.6 is 0 Å². The van der Waals surface area contributed by atoms with Crippen molar-refractivity contribution in [3.05, 3.63) is 24.3 Å². The summed E-state index contributed by atoms with van der Waals surface area (Å²) in [6.45, 7) is 5.00. The average Bonchev–Trinajstić information content (AvgIpc) is 3.55. The van der Waals surface area contributed by atoms with Gasteiger partial charge in [-0.1, -0.05) is 398 Å². The molecule has 0 aliphatic rings. The number of esters is 1. The molecular formula is C79H153NO5. The number of carbonyl (C=O) groups excluding carboxylic acids is 2. The van der Waals surface area contributed by atoms with Gasteiger partial charge in [0, 0.05) is 12.8 Å². The number of carbonyl (C=O) groups is 2. The van der Waals surface area contributed by atoms with E-state index in [2.05, 4.69) is 43.5 Å². The Morgan fingerprint density at radius 3 is 0.894 bits per heavy atom. The molecule has 6 heteroatoms. The molecule has 2 atom stereocenters. The van der Waals surface area contributed by atoms with E-state index in [4.69, 9.17) is 4.74 Å². The molecule has 0 aliphatic heterocycles. The van der Waals surface area contributed by atoms with Crippen LogP contribution in [0.1, 0.15) is 444 Å². The minimum atomic E-state index is -0.662. The van der Waals surface area contributed by atoms with Gasteiger partial charge in [0.15, 0.2) is 0 Å². The van der Waals surface area contributed by atoms with Gasteiger partial charge in [0.05, 0.1) is 25.4 Å². The molecule has 0 spiro atoms. The second-order valence-electron chi connectivity index (χ2n) is 27.0. The fraction of sp³-hybridized carbons (Fsp3) is 0.924. The number of nitrogens with one attached hydrogen (secondary N) is 1. The number of hydrogen-bond acceptors (Lipinski definition) is 5. The molecule has 0 aliphatic carbocycles. The van der Waals surface area contributed by atoms with Gasteiger partial charge in [-0.3, -0.25) is 9.59 Å². The maximum Gasteiger partial charge on any atom is 0.305 e. The van der Waals surface area contributed by atoms with E-state index in [-0.39, 0.29) is 18.5 Å². The highest BCUT2D eigenvalue weighted by molar-refractivity contribution is 5.76. The summed E-state index contributed by atoms with van der Waals surface area (Å²) in [5, 5.41) is 23.4. The van der Waals surface area contributed by atoms with Crippen molar-refractivity contribution >= 4 is 11.9 Å². The van der Waals surface area contributed by atoms with Crippen molar-refractivity contribution < 1.29 is 24.5 Å². The monoisotopic (exact) mass is 1200 g/mol. The molecule has 0 rings (SSSR count). The third-order valence-corrected chi connectivity index (χ3v) is 18.5. The smallest absolute Gasteiger partial charge is 0.305 e. The Morgan fingerprint density at radius 2 is 0.588 bits per heavy atom. The van der Waals surface area contributed by atoms with Gasteiger partial charge >= 0.3 is 5.97 Å². The Bertz CT molecular complexity index is 1330. The van der Waals surface area contributed by atoms with Crippen molar-refractivity contribution in [1.82, 2.24) is 5.32 Å². The van der Waals surface area contributed by atoms with E-state index < -0.39 is 12.1 Å². The van der Waals surface area contributed by atoms with Gasteiger partial charge in [-0.25, -0.2) is 0 Å². The van der Waals surface area contributed by atoms with Crippen LogP contribution in [0.15, 0.2) is 24.3 Å². The summed E-state index contributed by atoms with van der Waals surface area (Å²) in [5.74, 6) is -0.00661. The lowest BCUT2D eigenvalue weighted by Gasteiger charge is -2.22. The largest absolute Gasteiger partial charge is 0.466 e. The molecule has 0 bridgehead atoms. The minimum Gasteiger partial charge on any atom is -0.466 e. The summed E-state index contributed by atoms with van der Waals surface area (Å²) in [7, 11) is 0. The summed E-state index contributed by atoms with van der Waals surface area (Å²) in [6.07, 6.45) is 95.6. The first kappa shape index (κ1) is 83.3. The lowest BCUT2D eigenvalue weighted by Crippen LogP contribution is -2.45. The van der Waals surface area contributed by atoms with Crippen molar-refractivity contribution in [2.45, 2.75) is 456 Å². The number of ether oxygens (including phenoxy) is 1. The van der Waals surface area contributed by atoms with Crippen molar-refractivity contribution in [2.24, 2.45) is 0 Å². The Labute approximate surface area is 532 Å². The van der Waals surface area contributed by atoms with Gasteiger partial charge in [0.25, 0.3) is 0 Å². The Hall–Kier alpha value is -1.66. The fourth-order valence-electron chi connectivity index (χ4n) is 12.6. The summed E-state index contributed by atoms with van der Waals surface area (Å²) >= 11 is 0. The average molecular weight is 1200 g/mol. The first-order valence-electron chi connectivity index (χ1n) is 39.1. The van der Waals surface area contributed by atoms with Gasteiger partial charge in [-0.2, -0.15) is 0 Å². The van der Waals surface area contributed by atoms with Gasteiger partial charge in [0.1, 0.15) is 0 Å². The number of hydrogen-bond donors (Lipinski definition) is 3. The van der Waals surface area contributed by atoms with Gasteiger partial charge in [0.2, 0.25) is 5.91 Å². The predicted octanol–water partition coefficient (Wildman–Crippen LogP) is 25.7. The van der Waals surface area contributed by atoms with Crippen LogP contribution in [0, 0.1) is 0 Å². The SMILES string of the molecule is CCCCCCCCCCCCCCCCCCCCC(O)C(CO)NC(=O)CCCCCCCCCCCCCCCCCCC/C=C\C/C=C\CCCCCCCCCCCCCCCCCOC(=O)CCCCCCCCCCCCC. The first-order valence-corrected chi connectivity index (χ1v) is 39.1. The second-order valence-corrected chi connectivity index (χ2v) is 27.0. The highest BCUT2D eigenvalue weighted by Gasteiger charge is 2.20. The number of unbranched alkanes of at least 4 members (excludes halogenated alkanes) is 59. The standard InChI is InChI=1S/C79H153NO5/c1-3-5-7-9-11-13-15-16-17-18-42-45-48-52-55-59-63-67-71-77(82)76(75-81)80-78(83)72-68-64-60-56-53-49-46-43-40-38-36-34-32-30-28-26-24-22-20-19-21-23-25-27-29-31-33-35-37-39-41-44-47-50-54-58-62-66-70-74-85-79(84)73-69-65-61-57-51-14-12-10-8-6-4-2/h19-20,23,25,76-77,81-82H,3-18,21-22,24,26-75H2,1-2H3,(H,80,83)/b20-19-,25-23-. The number of aliphatic hydroxyl groups excluding tert-OH is 2. The van der Waals surface area contributed by atoms with Crippen molar-refractivity contribution in [3.8, 4) is 0 Å². The Kier molecular flexibility index (Phi) is 73.3. The lowest BCUT2D eigenvalue weighted by molar-refractivity contribution is -0.143. The molecule has 0 saturated heterocycles. The van der Waals surface area contributed by atoms with Gasteiger partial charge in [-0.05, 0) is 57.8 Å². The minimum absolute atomic E-state index is 0.0207. The van der Waals surface area contributed by atoms with E-state index in [1.165, 1.54) is 366 Å². The van der Waals surface area contributed by atoms with Gasteiger partial charge < -0.3 is 20.3 Å². The van der Waals surface area contributed by atoms with E-state index in [9.17, 15) is 19.8 Å². The second kappa shape index (κ2) is 74.8. The van der Waals surface area contributed by atoms with E-state index >= 15 is 0 Å². The molecule has 0 fully saturated rings. The van der Waals surface area contributed by atoms with Crippen LogP contribution < -0.4 is 5.32 Å². The van der Waals surface area contributed by atoms with E-state index in [0.29, 0.717) is 25.9 Å². The summed E-state index contributed by atoms with van der Waals surface area (Å²) in [5.41, 5.74) is 0. The zero-order valence-electron chi connectivity index (χ0n) is 57.9. The molecule has 0 radical (unpaired) electrons. The molecule has 2 unspecified atom stereocenters. The lowest BCUT2D eigenvalue weighted by atomic mass is 10.0. The maximum absolute atomic E-state index is 12.5. The van der Waals surface area contributed by atoms with Crippen LogP contribution in [0.5, 0.6) is 0 Å².